The van der Waals surface area contributed by atoms with Gasteiger partial charge in [-0.1, -0.05) is 35.3 Å². The molecule has 0 saturated carbocycles. The largest absolute Gasteiger partial charge is 0.452 e. The Bertz CT molecular complexity index is 1130. The van der Waals surface area contributed by atoms with Gasteiger partial charge in [-0.05, 0) is 53.8 Å². The Morgan fingerprint density at radius 2 is 1.96 bits per heavy atom. The Hall–Kier alpha value is -2.60. The Balaban J connectivity index is 1.63. The van der Waals surface area contributed by atoms with Gasteiger partial charge in [0, 0.05) is 6.07 Å². The molecule has 0 spiro atoms. The van der Waals surface area contributed by atoms with Crippen molar-refractivity contribution in [3.05, 3.63) is 85.2 Å². The third kappa shape index (κ3) is 3.56. The minimum atomic E-state index is -0.453. The number of hydrogen-bond acceptors (Lipinski definition) is 5. The molecule has 1 aliphatic heterocycles. The number of carbonyl (C=O) groups is 2. The van der Waals surface area contributed by atoms with Gasteiger partial charge in [-0.25, -0.2) is 4.79 Å². The van der Waals surface area contributed by atoms with Crippen molar-refractivity contribution in [2.24, 2.45) is 0 Å². The van der Waals surface area contributed by atoms with Crippen LogP contribution in [0.3, 0.4) is 0 Å². The molecule has 0 radical (unpaired) electrons. The summed E-state index contributed by atoms with van der Waals surface area (Å²) in [7, 11) is 0. The third-order valence-electron chi connectivity index (χ3n) is 4.12. The summed E-state index contributed by atoms with van der Waals surface area (Å²) in [5.74, 6) is 0.140. The number of carbonyl (C=O) groups excluding carboxylic acids is 2. The zero-order valence-electron chi connectivity index (χ0n) is 14.5. The molecule has 0 unspecified atom stereocenters. The fourth-order valence-electron chi connectivity index (χ4n) is 2.84. The second-order valence-electron chi connectivity index (χ2n) is 6.09. The number of thiophene rings is 1. The van der Waals surface area contributed by atoms with E-state index in [1.54, 1.807) is 60.8 Å². The van der Waals surface area contributed by atoms with Gasteiger partial charge in [0.25, 0.3) is 0 Å². The van der Waals surface area contributed by atoms with Crippen molar-refractivity contribution < 1.29 is 19.1 Å². The van der Waals surface area contributed by atoms with Gasteiger partial charge in [0.1, 0.15) is 16.4 Å². The van der Waals surface area contributed by atoms with E-state index in [1.165, 1.54) is 11.3 Å². The van der Waals surface area contributed by atoms with Crippen LogP contribution >= 0.6 is 34.5 Å². The average molecular weight is 431 g/mol. The predicted octanol–water partition coefficient (Wildman–Crippen LogP) is 6.20. The number of fused-ring (bicyclic) bond motifs is 1. The molecule has 1 aromatic heterocycles. The van der Waals surface area contributed by atoms with E-state index in [9.17, 15) is 9.59 Å². The summed E-state index contributed by atoms with van der Waals surface area (Å²) in [4.78, 5) is 25.4. The lowest BCUT2D eigenvalue weighted by molar-refractivity contribution is 0.0739. The smallest absolute Gasteiger partial charge is 0.353 e. The maximum Gasteiger partial charge on any atom is 0.353 e. The van der Waals surface area contributed by atoms with Gasteiger partial charge in [0.2, 0.25) is 5.78 Å². The molecule has 0 bridgehead atoms. The SMILES string of the molecule is Cc1cc(OC(=O)c2cccs2)cc2c1C(=O)/C(=C/c1ccc(Cl)c(Cl)c1)O2. The van der Waals surface area contributed by atoms with Crippen LogP contribution in [0.5, 0.6) is 11.5 Å². The lowest BCUT2D eigenvalue weighted by atomic mass is 10.0. The number of benzene rings is 2. The summed E-state index contributed by atoms with van der Waals surface area (Å²) in [5.41, 5.74) is 1.80. The summed E-state index contributed by atoms with van der Waals surface area (Å²) in [6, 6.07) is 11.7. The number of ketones is 1. The molecule has 7 heteroatoms. The molecule has 140 valence electrons. The first kappa shape index (κ1) is 18.7. The fourth-order valence-corrected chi connectivity index (χ4v) is 3.75. The van der Waals surface area contributed by atoms with Crippen molar-refractivity contribution >= 4 is 52.4 Å². The second kappa shape index (κ2) is 7.43. The summed E-state index contributed by atoms with van der Waals surface area (Å²) in [5, 5.41) is 2.61. The quantitative estimate of drug-likeness (QED) is 0.282. The van der Waals surface area contributed by atoms with Gasteiger partial charge in [-0.2, -0.15) is 0 Å². The van der Waals surface area contributed by atoms with E-state index in [4.69, 9.17) is 32.7 Å². The number of Topliss-reactive ketones (excluding diaryl/α,β-unsaturated/α-hetero) is 1. The van der Waals surface area contributed by atoms with Crippen LogP contribution in [0, 0.1) is 6.92 Å². The van der Waals surface area contributed by atoms with Crippen LogP contribution in [0.15, 0.2) is 53.6 Å². The van der Waals surface area contributed by atoms with Crippen LogP contribution in [-0.2, 0) is 0 Å². The highest BCUT2D eigenvalue weighted by Gasteiger charge is 2.30. The van der Waals surface area contributed by atoms with Crippen molar-refractivity contribution in [2.75, 3.05) is 0 Å². The van der Waals surface area contributed by atoms with E-state index in [-0.39, 0.29) is 11.5 Å². The number of allylic oxidation sites excluding steroid dienone is 1. The standard InChI is InChI=1S/C21H12Cl2O4S/c1-11-7-13(26-21(25)18-3-2-6-28-18)10-16-19(11)20(24)17(27-16)9-12-4-5-14(22)15(23)8-12/h2-10H,1H3/b17-9-. The van der Waals surface area contributed by atoms with Gasteiger partial charge < -0.3 is 9.47 Å². The molecule has 0 amide bonds. The molecule has 2 heterocycles. The number of aryl methyl sites for hydroxylation is 1. The van der Waals surface area contributed by atoms with Crippen molar-refractivity contribution in [3.63, 3.8) is 0 Å². The predicted molar refractivity (Wildman–Crippen MR) is 110 cm³/mol. The highest BCUT2D eigenvalue weighted by Crippen LogP contribution is 2.38. The number of esters is 1. The molecule has 0 aliphatic carbocycles. The first-order valence-corrected chi connectivity index (χ1v) is 9.85. The molecule has 1 aliphatic rings. The number of rotatable bonds is 3. The topological polar surface area (TPSA) is 52.6 Å². The molecule has 0 saturated heterocycles. The van der Waals surface area contributed by atoms with E-state index in [0.29, 0.717) is 43.1 Å². The summed E-state index contributed by atoms with van der Waals surface area (Å²) >= 11 is 13.2. The van der Waals surface area contributed by atoms with Crippen molar-refractivity contribution in [3.8, 4) is 11.5 Å². The van der Waals surface area contributed by atoms with E-state index < -0.39 is 5.97 Å². The van der Waals surface area contributed by atoms with Gasteiger partial charge in [0.15, 0.2) is 5.76 Å². The zero-order chi connectivity index (χ0) is 19.8. The van der Waals surface area contributed by atoms with Crippen LogP contribution in [0.2, 0.25) is 10.0 Å². The van der Waals surface area contributed by atoms with Crippen molar-refractivity contribution in [1.82, 2.24) is 0 Å². The molecule has 4 nitrogen and oxygen atoms in total. The minimum absolute atomic E-state index is 0.165. The summed E-state index contributed by atoms with van der Waals surface area (Å²) in [6.07, 6.45) is 1.60. The summed E-state index contributed by atoms with van der Waals surface area (Å²) in [6.45, 7) is 1.77. The van der Waals surface area contributed by atoms with Gasteiger partial charge in [-0.15, -0.1) is 11.3 Å². The average Bonchev–Trinajstić information content (AvgIpc) is 3.27. The highest BCUT2D eigenvalue weighted by atomic mass is 35.5. The fraction of sp³-hybridized carbons (Fsp3) is 0.0476. The number of halogens is 2. The molecule has 28 heavy (non-hydrogen) atoms. The third-order valence-corrected chi connectivity index (χ3v) is 5.71. The maximum absolute atomic E-state index is 12.7. The molecule has 4 rings (SSSR count). The van der Waals surface area contributed by atoms with Crippen molar-refractivity contribution in [1.29, 1.82) is 0 Å². The lowest BCUT2D eigenvalue weighted by Gasteiger charge is -2.06. The van der Waals surface area contributed by atoms with E-state index in [2.05, 4.69) is 0 Å². The van der Waals surface area contributed by atoms with Crippen LogP contribution in [-0.4, -0.2) is 11.8 Å². The molecule has 3 aromatic rings. The van der Waals surface area contributed by atoms with Crippen LogP contribution in [0.1, 0.15) is 31.2 Å². The Morgan fingerprint density at radius 3 is 2.68 bits per heavy atom. The van der Waals surface area contributed by atoms with Crippen molar-refractivity contribution in [2.45, 2.75) is 6.92 Å². The maximum atomic E-state index is 12.7. The Kier molecular flexibility index (Phi) is 4.98. The molecule has 0 atom stereocenters. The van der Waals surface area contributed by atoms with E-state index >= 15 is 0 Å². The molecule has 0 fully saturated rings. The normalized spacial score (nSPS) is 14.1. The second-order valence-corrected chi connectivity index (χ2v) is 7.86. The van der Waals surface area contributed by atoms with Crippen LogP contribution in [0.25, 0.3) is 6.08 Å². The minimum Gasteiger partial charge on any atom is -0.452 e. The monoisotopic (exact) mass is 430 g/mol. The first-order valence-electron chi connectivity index (χ1n) is 8.22. The van der Waals surface area contributed by atoms with Gasteiger partial charge in [0.05, 0.1) is 15.6 Å². The van der Waals surface area contributed by atoms with Gasteiger partial charge in [-0.3, -0.25) is 4.79 Å². The van der Waals surface area contributed by atoms with Gasteiger partial charge >= 0.3 is 5.97 Å². The Labute approximate surface area is 174 Å². The Morgan fingerprint density at radius 1 is 1.14 bits per heavy atom. The number of ether oxygens (including phenoxy) is 2. The molecular weight excluding hydrogens is 419 g/mol. The molecular formula is C21H12Cl2O4S. The van der Waals surface area contributed by atoms with Crippen LogP contribution < -0.4 is 9.47 Å². The first-order chi connectivity index (χ1) is 13.4. The molecule has 0 N–H and O–H groups in total. The lowest BCUT2D eigenvalue weighted by Crippen LogP contribution is -2.06. The highest BCUT2D eigenvalue weighted by molar-refractivity contribution is 7.12. The van der Waals surface area contributed by atoms with Crippen LogP contribution in [0.4, 0.5) is 0 Å². The molecule has 2 aromatic carbocycles. The van der Waals surface area contributed by atoms with E-state index in [0.717, 1.165) is 0 Å². The number of hydrogen-bond donors (Lipinski definition) is 0. The zero-order valence-corrected chi connectivity index (χ0v) is 16.8. The summed E-state index contributed by atoms with van der Waals surface area (Å²) < 4.78 is 11.1. The van der Waals surface area contributed by atoms with E-state index in [1.807, 2.05) is 0 Å².